The minimum atomic E-state index is -3.54. The van der Waals surface area contributed by atoms with Gasteiger partial charge < -0.3 is 5.32 Å². The topological polar surface area (TPSA) is 66.5 Å². The van der Waals surface area contributed by atoms with Crippen molar-refractivity contribution >= 4 is 15.9 Å². The average Bonchev–Trinajstić information content (AvgIpc) is 2.45. The second kappa shape index (κ2) is 6.15. The van der Waals surface area contributed by atoms with E-state index in [1.807, 2.05) is 0 Å². The molecule has 0 bridgehead atoms. The first kappa shape index (κ1) is 16.0. The Morgan fingerprint density at radius 1 is 1.24 bits per heavy atom. The van der Waals surface area contributed by atoms with Crippen molar-refractivity contribution in [2.45, 2.75) is 25.2 Å². The van der Waals surface area contributed by atoms with Gasteiger partial charge in [0, 0.05) is 25.7 Å². The van der Waals surface area contributed by atoms with Gasteiger partial charge in [-0.1, -0.05) is 19.9 Å². The fourth-order valence-corrected chi connectivity index (χ4v) is 4.62. The fourth-order valence-electron chi connectivity index (χ4n) is 2.89. The molecule has 0 radical (unpaired) electrons. The van der Waals surface area contributed by atoms with Crippen LogP contribution in [-0.4, -0.2) is 38.8 Å². The van der Waals surface area contributed by atoms with Crippen LogP contribution in [0.4, 0.5) is 0 Å². The molecule has 5 nitrogen and oxygen atoms in total. The molecule has 116 valence electrons. The molecule has 2 atom stereocenters. The lowest BCUT2D eigenvalue weighted by Gasteiger charge is -2.34. The summed E-state index contributed by atoms with van der Waals surface area (Å²) >= 11 is 0. The average molecular weight is 310 g/mol. The summed E-state index contributed by atoms with van der Waals surface area (Å²) in [5.74, 6) is 0.420. The highest BCUT2D eigenvalue weighted by Gasteiger charge is 2.31. The summed E-state index contributed by atoms with van der Waals surface area (Å²) in [5.41, 5.74) is 0.358. The Morgan fingerprint density at radius 2 is 1.86 bits per heavy atom. The summed E-state index contributed by atoms with van der Waals surface area (Å²) < 4.78 is 27.0. The van der Waals surface area contributed by atoms with Crippen LogP contribution in [0.25, 0.3) is 0 Å². The Kier molecular flexibility index (Phi) is 4.68. The highest BCUT2D eigenvalue weighted by Crippen LogP contribution is 2.26. The summed E-state index contributed by atoms with van der Waals surface area (Å²) in [6.07, 6.45) is 1.05. The van der Waals surface area contributed by atoms with E-state index in [1.165, 1.54) is 17.4 Å². The predicted molar refractivity (Wildman–Crippen MR) is 81.5 cm³/mol. The summed E-state index contributed by atoms with van der Waals surface area (Å²) in [5, 5.41) is 2.51. The SMILES string of the molecule is CNC(=O)c1cccc(S(=O)(=O)N2C[C@@H](C)C[C@H](C)C2)c1. The first-order valence-corrected chi connectivity index (χ1v) is 8.61. The lowest BCUT2D eigenvalue weighted by atomic mass is 9.94. The second-order valence-electron chi connectivity index (χ2n) is 5.88. The van der Waals surface area contributed by atoms with Gasteiger partial charge in [0.15, 0.2) is 0 Å². The highest BCUT2D eigenvalue weighted by atomic mass is 32.2. The van der Waals surface area contributed by atoms with E-state index in [4.69, 9.17) is 0 Å². The molecule has 0 spiro atoms. The molecule has 1 heterocycles. The van der Waals surface area contributed by atoms with Gasteiger partial charge in [-0.05, 0) is 36.5 Å². The minimum absolute atomic E-state index is 0.185. The van der Waals surface area contributed by atoms with E-state index >= 15 is 0 Å². The van der Waals surface area contributed by atoms with Crippen LogP contribution in [-0.2, 0) is 10.0 Å². The standard InChI is InChI=1S/C15H22N2O3S/c1-11-7-12(2)10-17(9-11)21(19,20)14-6-4-5-13(8-14)15(18)16-3/h4-6,8,11-12H,7,9-10H2,1-3H3,(H,16,18)/t11-,12-/m0/s1. The van der Waals surface area contributed by atoms with Gasteiger partial charge in [0.2, 0.25) is 10.0 Å². The molecule has 21 heavy (non-hydrogen) atoms. The summed E-state index contributed by atoms with van der Waals surface area (Å²) in [7, 11) is -2.01. The number of sulfonamides is 1. The van der Waals surface area contributed by atoms with Crippen molar-refractivity contribution in [1.82, 2.24) is 9.62 Å². The van der Waals surface area contributed by atoms with E-state index in [0.29, 0.717) is 30.5 Å². The Morgan fingerprint density at radius 3 is 2.43 bits per heavy atom. The van der Waals surface area contributed by atoms with Gasteiger partial charge in [-0.25, -0.2) is 8.42 Å². The van der Waals surface area contributed by atoms with Gasteiger partial charge in [-0.3, -0.25) is 4.79 Å². The number of hydrogen-bond donors (Lipinski definition) is 1. The molecule has 1 aromatic rings. The number of piperidine rings is 1. The first-order chi connectivity index (χ1) is 9.84. The maximum atomic E-state index is 12.7. The van der Waals surface area contributed by atoms with E-state index in [-0.39, 0.29) is 10.8 Å². The Hall–Kier alpha value is -1.40. The van der Waals surface area contributed by atoms with E-state index < -0.39 is 10.0 Å². The first-order valence-electron chi connectivity index (χ1n) is 7.17. The summed E-state index contributed by atoms with van der Waals surface area (Å²) in [6.45, 7) is 5.21. The van der Waals surface area contributed by atoms with Crippen LogP contribution in [0.15, 0.2) is 29.2 Å². The summed E-state index contributed by atoms with van der Waals surface area (Å²) in [6, 6.07) is 6.21. The number of amides is 1. The minimum Gasteiger partial charge on any atom is -0.355 e. The van der Waals surface area contributed by atoms with Crippen molar-refractivity contribution in [3.8, 4) is 0 Å². The van der Waals surface area contributed by atoms with Crippen LogP contribution in [0.3, 0.4) is 0 Å². The van der Waals surface area contributed by atoms with Gasteiger partial charge in [-0.15, -0.1) is 0 Å². The van der Waals surface area contributed by atoms with Crippen LogP contribution in [0.5, 0.6) is 0 Å². The molecule has 1 fully saturated rings. The zero-order valence-corrected chi connectivity index (χ0v) is 13.5. The monoisotopic (exact) mass is 310 g/mol. The lowest BCUT2D eigenvalue weighted by molar-refractivity contribution is 0.0963. The van der Waals surface area contributed by atoms with Gasteiger partial charge >= 0.3 is 0 Å². The molecule has 1 aliphatic heterocycles. The predicted octanol–water partition coefficient (Wildman–Crippen LogP) is 1.71. The van der Waals surface area contributed by atoms with Crippen molar-refractivity contribution in [2.24, 2.45) is 11.8 Å². The van der Waals surface area contributed by atoms with Crippen molar-refractivity contribution in [3.63, 3.8) is 0 Å². The van der Waals surface area contributed by atoms with Gasteiger partial charge in [-0.2, -0.15) is 4.31 Å². The molecular weight excluding hydrogens is 288 g/mol. The number of carbonyl (C=O) groups excluding carboxylic acids is 1. The van der Waals surface area contributed by atoms with Crippen molar-refractivity contribution in [1.29, 1.82) is 0 Å². The number of carbonyl (C=O) groups is 1. The Bertz CT molecular complexity index is 618. The van der Waals surface area contributed by atoms with Gasteiger partial charge in [0.1, 0.15) is 0 Å². The van der Waals surface area contributed by atoms with Crippen molar-refractivity contribution in [3.05, 3.63) is 29.8 Å². The number of benzene rings is 1. The number of nitrogens with zero attached hydrogens (tertiary/aromatic N) is 1. The third-order valence-corrected chi connectivity index (χ3v) is 5.62. The molecule has 0 aromatic heterocycles. The van der Waals surface area contributed by atoms with Crippen LogP contribution < -0.4 is 5.32 Å². The highest BCUT2D eigenvalue weighted by molar-refractivity contribution is 7.89. The van der Waals surface area contributed by atoms with E-state index in [1.54, 1.807) is 18.2 Å². The molecule has 0 aliphatic carbocycles. The molecule has 6 heteroatoms. The maximum Gasteiger partial charge on any atom is 0.251 e. The van der Waals surface area contributed by atoms with E-state index in [0.717, 1.165) is 6.42 Å². The lowest BCUT2D eigenvalue weighted by Crippen LogP contribution is -2.42. The smallest absolute Gasteiger partial charge is 0.251 e. The third kappa shape index (κ3) is 3.44. The number of rotatable bonds is 3. The van der Waals surface area contributed by atoms with Crippen molar-refractivity contribution < 1.29 is 13.2 Å². The molecule has 2 rings (SSSR count). The largest absolute Gasteiger partial charge is 0.355 e. The molecule has 0 saturated carbocycles. The van der Waals surface area contributed by atoms with E-state index in [2.05, 4.69) is 19.2 Å². The zero-order valence-electron chi connectivity index (χ0n) is 12.7. The number of hydrogen-bond acceptors (Lipinski definition) is 3. The summed E-state index contributed by atoms with van der Waals surface area (Å²) in [4.78, 5) is 11.8. The van der Waals surface area contributed by atoms with Crippen LogP contribution >= 0.6 is 0 Å². The number of nitrogens with one attached hydrogen (secondary N) is 1. The normalized spacial score (nSPS) is 23.8. The maximum absolute atomic E-state index is 12.7. The second-order valence-corrected chi connectivity index (χ2v) is 7.81. The van der Waals surface area contributed by atoms with Gasteiger partial charge in [0.25, 0.3) is 5.91 Å². The fraction of sp³-hybridized carbons (Fsp3) is 0.533. The molecule has 1 saturated heterocycles. The Labute approximate surface area is 126 Å². The molecule has 1 amide bonds. The Balaban J connectivity index is 2.33. The van der Waals surface area contributed by atoms with Crippen LogP contribution in [0, 0.1) is 11.8 Å². The van der Waals surface area contributed by atoms with Gasteiger partial charge in [0.05, 0.1) is 4.90 Å². The zero-order chi connectivity index (χ0) is 15.6. The van der Waals surface area contributed by atoms with Crippen LogP contribution in [0.1, 0.15) is 30.6 Å². The van der Waals surface area contributed by atoms with Crippen molar-refractivity contribution in [2.75, 3.05) is 20.1 Å². The quantitative estimate of drug-likeness (QED) is 0.924. The third-order valence-electron chi connectivity index (χ3n) is 3.80. The molecule has 1 aliphatic rings. The molecular formula is C15H22N2O3S. The van der Waals surface area contributed by atoms with E-state index in [9.17, 15) is 13.2 Å². The molecule has 1 aromatic carbocycles. The van der Waals surface area contributed by atoms with Crippen LogP contribution in [0.2, 0.25) is 0 Å². The molecule has 1 N–H and O–H groups in total. The molecule has 0 unspecified atom stereocenters.